The zero-order valence-corrected chi connectivity index (χ0v) is 11.2. The molecule has 2 fully saturated rings. The number of carbonyl (C=O) groups is 1. The number of hydrogen-bond acceptors (Lipinski definition) is 2. The lowest BCUT2D eigenvalue weighted by atomic mass is 10.0. The van der Waals surface area contributed by atoms with Crippen LogP contribution in [-0.2, 0) is 4.79 Å². The molecule has 0 bridgehead atoms. The number of nitrogens with zero attached hydrogens (tertiary/aromatic N) is 1. The predicted octanol–water partition coefficient (Wildman–Crippen LogP) is 2.37. The molecule has 3 nitrogen and oxygen atoms in total. The van der Waals surface area contributed by atoms with Gasteiger partial charge in [0.15, 0.2) is 0 Å². The monoisotopic (exact) mass is 238 g/mol. The van der Waals surface area contributed by atoms with E-state index in [2.05, 4.69) is 24.1 Å². The van der Waals surface area contributed by atoms with Gasteiger partial charge in [0.2, 0.25) is 5.91 Å². The first-order valence-electron chi connectivity index (χ1n) is 7.19. The van der Waals surface area contributed by atoms with Crippen molar-refractivity contribution in [2.45, 2.75) is 58.5 Å². The van der Waals surface area contributed by atoms with Gasteiger partial charge in [-0.2, -0.15) is 0 Å². The Morgan fingerprint density at radius 2 is 2.06 bits per heavy atom. The number of nitrogens with one attached hydrogen (secondary N) is 1. The standard InChI is InChI=1S/C14H26N2O/c1-11(2)9-13-15-10-14(17)16(13)8-7-12-5-3-4-6-12/h11-13,15H,3-10H2,1-2H3. The molecule has 1 aliphatic carbocycles. The minimum Gasteiger partial charge on any atom is -0.326 e. The van der Waals surface area contributed by atoms with Crippen LogP contribution in [0.2, 0.25) is 0 Å². The van der Waals surface area contributed by atoms with Crippen LogP contribution in [0.1, 0.15) is 52.4 Å². The van der Waals surface area contributed by atoms with Gasteiger partial charge in [-0.25, -0.2) is 0 Å². The molecule has 1 saturated carbocycles. The van der Waals surface area contributed by atoms with Gasteiger partial charge < -0.3 is 4.90 Å². The quantitative estimate of drug-likeness (QED) is 0.797. The van der Waals surface area contributed by atoms with Gasteiger partial charge in [-0.15, -0.1) is 0 Å². The Morgan fingerprint density at radius 3 is 2.71 bits per heavy atom. The van der Waals surface area contributed by atoms with E-state index < -0.39 is 0 Å². The fourth-order valence-electron chi connectivity index (χ4n) is 3.15. The SMILES string of the molecule is CC(C)CC1NCC(=O)N1CCC1CCCC1. The molecule has 2 rings (SSSR count). The first-order chi connectivity index (χ1) is 8.16. The van der Waals surface area contributed by atoms with Crippen molar-refractivity contribution in [3.05, 3.63) is 0 Å². The molecule has 1 aliphatic heterocycles. The van der Waals surface area contributed by atoms with Gasteiger partial charge in [-0.05, 0) is 24.7 Å². The molecule has 1 atom stereocenters. The van der Waals surface area contributed by atoms with Gasteiger partial charge in [0.1, 0.15) is 0 Å². The topological polar surface area (TPSA) is 32.3 Å². The van der Waals surface area contributed by atoms with Crippen LogP contribution in [-0.4, -0.2) is 30.1 Å². The van der Waals surface area contributed by atoms with Gasteiger partial charge in [0, 0.05) is 6.54 Å². The summed E-state index contributed by atoms with van der Waals surface area (Å²) in [5, 5.41) is 3.34. The molecule has 1 unspecified atom stereocenters. The van der Waals surface area contributed by atoms with Gasteiger partial charge in [0.05, 0.1) is 12.7 Å². The molecule has 17 heavy (non-hydrogen) atoms. The molecule has 3 heteroatoms. The third kappa shape index (κ3) is 3.44. The van der Waals surface area contributed by atoms with Crippen molar-refractivity contribution < 1.29 is 4.79 Å². The summed E-state index contributed by atoms with van der Waals surface area (Å²) in [6, 6.07) is 0. The average Bonchev–Trinajstić information content (AvgIpc) is 2.87. The Kier molecular flexibility index (Phi) is 4.43. The lowest BCUT2D eigenvalue weighted by molar-refractivity contribution is -0.128. The normalized spacial score (nSPS) is 26.4. The summed E-state index contributed by atoms with van der Waals surface area (Å²) < 4.78 is 0. The molecular formula is C14H26N2O. The van der Waals surface area contributed by atoms with E-state index in [1.165, 1.54) is 32.1 Å². The summed E-state index contributed by atoms with van der Waals surface area (Å²) in [5.74, 6) is 1.82. The van der Waals surface area contributed by atoms with E-state index in [0.717, 1.165) is 18.9 Å². The minimum absolute atomic E-state index is 0.295. The maximum absolute atomic E-state index is 11.8. The molecule has 0 aromatic rings. The first kappa shape index (κ1) is 12.9. The highest BCUT2D eigenvalue weighted by molar-refractivity contribution is 5.80. The van der Waals surface area contributed by atoms with Gasteiger partial charge >= 0.3 is 0 Å². The van der Waals surface area contributed by atoms with E-state index in [4.69, 9.17) is 0 Å². The molecule has 0 aromatic carbocycles. The predicted molar refractivity (Wildman–Crippen MR) is 69.5 cm³/mol. The van der Waals surface area contributed by atoms with Crippen LogP contribution in [0.4, 0.5) is 0 Å². The molecule has 1 saturated heterocycles. The van der Waals surface area contributed by atoms with Gasteiger partial charge in [0.25, 0.3) is 0 Å². The molecule has 1 heterocycles. The summed E-state index contributed by atoms with van der Waals surface area (Å²) in [4.78, 5) is 13.9. The number of hydrogen-bond donors (Lipinski definition) is 1. The second-order valence-corrected chi connectivity index (χ2v) is 6.05. The van der Waals surface area contributed by atoms with Gasteiger partial charge in [-0.3, -0.25) is 10.1 Å². The zero-order chi connectivity index (χ0) is 12.3. The Morgan fingerprint density at radius 1 is 1.35 bits per heavy atom. The van der Waals surface area contributed by atoms with E-state index in [9.17, 15) is 4.79 Å². The highest BCUT2D eigenvalue weighted by Crippen LogP contribution is 2.28. The fraction of sp³-hybridized carbons (Fsp3) is 0.929. The van der Waals surface area contributed by atoms with Crippen LogP contribution in [0.15, 0.2) is 0 Å². The van der Waals surface area contributed by atoms with E-state index >= 15 is 0 Å². The maximum Gasteiger partial charge on any atom is 0.237 e. The molecular weight excluding hydrogens is 212 g/mol. The fourth-order valence-corrected chi connectivity index (χ4v) is 3.15. The Balaban J connectivity index is 1.80. The van der Waals surface area contributed by atoms with Crippen LogP contribution in [0, 0.1) is 11.8 Å². The summed E-state index contributed by atoms with van der Waals surface area (Å²) in [7, 11) is 0. The second-order valence-electron chi connectivity index (χ2n) is 6.05. The van der Waals surface area contributed by atoms with Crippen LogP contribution in [0.25, 0.3) is 0 Å². The van der Waals surface area contributed by atoms with Crippen molar-refractivity contribution in [1.29, 1.82) is 0 Å². The van der Waals surface area contributed by atoms with Crippen LogP contribution >= 0.6 is 0 Å². The van der Waals surface area contributed by atoms with Crippen molar-refractivity contribution >= 4 is 5.91 Å². The molecule has 2 aliphatic rings. The van der Waals surface area contributed by atoms with Crippen LogP contribution in [0.3, 0.4) is 0 Å². The molecule has 1 N–H and O–H groups in total. The van der Waals surface area contributed by atoms with E-state index in [0.29, 0.717) is 24.5 Å². The van der Waals surface area contributed by atoms with E-state index in [1.54, 1.807) is 0 Å². The van der Waals surface area contributed by atoms with Crippen molar-refractivity contribution in [2.75, 3.05) is 13.1 Å². The summed E-state index contributed by atoms with van der Waals surface area (Å²) >= 11 is 0. The third-order valence-electron chi connectivity index (χ3n) is 4.13. The summed E-state index contributed by atoms with van der Waals surface area (Å²) in [6.07, 6.45) is 8.13. The van der Waals surface area contributed by atoms with Gasteiger partial charge in [-0.1, -0.05) is 39.5 Å². The van der Waals surface area contributed by atoms with E-state index in [-0.39, 0.29) is 0 Å². The first-order valence-corrected chi connectivity index (χ1v) is 7.19. The van der Waals surface area contributed by atoms with Crippen molar-refractivity contribution in [1.82, 2.24) is 10.2 Å². The molecule has 98 valence electrons. The lowest BCUT2D eigenvalue weighted by Gasteiger charge is -2.26. The van der Waals surface area contributed by atoms with E-state index in [1.807, 2.05) is 0 Å². The molecule has 0 radical (unpaired) electrons. The number of amides is 1. The third-order valence-corrected chi connectivity index (χ3v) is 4.13. The molecule has 0 aromatic heterocycles. The Bertz CT molecular complexity index is 259. The lowest BCUT2D eigenvalue weighted by Crippen LogP contribution is -2.39. The Labute approximate surface area is 105 Å². The zero-order valence-electron chi connectivity index (χ0n) is 11.2. The van der Waals surface area contributed by atoms with Crippen molar-refractivity contribution in [3.8, 4) is 0 Å². The van der Waals surface area contributed by atoms with Crippen LogP contribution < -0.4 is 5.32 Å². The largest absolute Gasteiger partial charge is 0.326 e. The van der Waals surface area contributed by atoms with Crippen molar-refractivity contribution in [3.63, 3.8) is 0 Å². The minimum atomic E-state index is 0.295. The van der Waals surface area contributed by atoms with Crippen LogP contribution in [0.5, 0.6) is 0 Å². The maximum atomic E-state index is 11.8. The summed E-state index contributed by atoms with van der Waals surface area (Å²) in [5.41, 5.74) is 0. The highest BCUT2D eigenvalue weighted by atomic mass is 16.2. The van der Waals surface area contributed by atoms with Crippen molar-refractivity contribution in [2.24, 2.45) is 11.8 Å². The molecule has 1 amide bonds. The Hall–Kier alpha value is -0.570. The second kappa shape index (κ2) is 5.85. The summed E-state index contributed by atoms with van der Waals surface area (Å²) in [6.45, 7) is 5.95. The smallest absolute Gasteiger partial charge is 0.237 e. The average molecular weight is 238 g/mol. The molecule has 0 spiro atoms. The highest BCUT2D eigenvalue weighted by Gasteiger charge is 2.31. The number of rotatable bonds is 5. The number of carbonyl (C=O) groups excluding carboxylic acids is 1.